The first kappa shape index (κ1) is 9.78. The van der Waals surface area contributed by atoms with Crippen molar-refractivity contribution in [1.29, 1.82) is 5.26 Å². The standard InChI is InChI=1S/C8H7N3O.ClH/c9-2-5-1-6-3-10-4-7(6)11-8(5)12;/h1,10H,3-4H2,(H,11,12);1H. The molecule has 0 bridgehead atoms. The molecule has 1 aromatic rings. The Morgan fingerprint density at radius 1 is 1.46 bits per heavy atom. The minimum Gasteiger partial charge on any atom is -0.323 e. The fourth-order valence-electron chi connectivity index (χ4n) is 1.33. The third-order valence-electron chi connectivity index (χ3n) is 1.95. The van der Waals surface area contributed by atoms with Crippen molar-refractivity contribution < 1.29 is 0 Å². The molecule has 1 aromatic heterocycles. The summed E-state index contributed by atoms with van der Waals surface area (Å²) in [5, 5.41) is 11.6. The molecule has 68 valence electrons. The zero-order chi connectivity index (χ0) is 8.55. The SMILES string of the molecule is Cl.N#Cc1cc2c([nH]c1=O)CNC2. The molecule has 1 aliphatic rings. The zero-order valence-corrected chi connectivity index (χ0v) is 7.57. The molecule has 2 rings (SSSR count). The van der Waals surface area contributed by atoms with Crippen LogP contribution in [-0.4, -0.2) is 4.98 Å². The van der Waals surface area contributed by atoms with Gasteiger partial charge in [-0.1, -0.05) is 0 Å². The summed E-state index contributed by atoms with van der Waals surface area (Å²) in [6, 6.07) is 3.50. The van der Waals surface area contributed by atoms with Crippen molar-refractivity contribution in [3.8, 4) is 6.07 Å². The van der Waals surface area contributed by atoms with Crippen molar-refractivity contribution in [1.82, 2.24) is 10.3 Å². The van der Waals surface area contributed by atoms with Gasteiger partial charge in [0.25, 0.3) is 5.56 Å². The Hall–Kier alpha value is -1.31. The second-order valence-electron chi connectivity index (χ2n) is 2.73. The Morgan fingerprint density at radius 2 is 2.23 bits per heavy atom. The first-order valence-corrected chi connectivity index (χ1v) is 3.67. The van der Waals surface area contributed by atoms with Crippen LogP contribution in [-0.2, 0) is 13.1 Å². The molecule has 1 aliphatic heterocycles. The summed E-state index contributed by atoms with van der Waals surface area (Å²) in [5.74, 6) is 0. The normalized spacial score (nSPS) is 12.8. The number of H-pyrrole nitrogens is 1. The molecular weight excluding hydrogens is 190 g/mol. The van der Waals surface area contributed by atoms with Crippen molar-refractivity contribution >= 4 is 12.4 Å². The smallest absolute Gasteiger partial charge is 0.266 e. The van der Waals surface area contributed by atoms with Gasteiger partial charge in [-0.25, -0.2) is 0 Å². The molecule has 4 nitrogen and oxygen atoms in total. The van der Waals surface area contributed by atoms with Gasteiger partial charge >= 0.3 is 0 Å². The van der Waals surface area contributed by atoms with E-state index in [9.17, 15) is 4.79 Å². The molecule has 2 N–H and O–H groups in total. The summed E-state index contributed by atoms with van der Waals surface area (Å²) in [6.07, 6.45) is 0. The lowest BCUT2D eigenvalue weighted by molar-refractivity contribution is 0.757. The van der Waals surface area contributed by atoms with Gasteiger partial charge in [0.2, 0.25) is 0 Å². The number of rotatable bonds is 0. The van der Waals surface area contributed by atoms with Gasteiger partial charge in [0.1, 0.15) is 11.6 Å². The van der Waals surface area contributed by atoms with Gasteiger partial charge < -0.3 is 10.3 Å². The fourth-order valence-corrected chi connectivity index (χ4v) is 1.33. The maximum Gasteiger partial charge on any atom is 0.266 e. The lowest BCUT2D eigenvalue weighted by atomic mass is 10.2. The van der Waals surface area contributed by atoms with Gasteiger partial charge in [0.05, 0.1) is 0 Å². The Morgan fingerprint density at radius 3 is 2.92 bits per heavy atom. The first-order valence-electron chi connectivity index (χ1n) is 3.67. The number of halogens is 1. The van der Waals surface area contributed by atoms with E-state index in [0.29, 0.717) is 6.54 Å². The summed E-state index contributed by atoms with van der Waals surface area (Å²) in [7, 11) is 0. The molecule has 0 unspecified atom stereocenters. The van der Waals surface area contributed by atoms with E-state index in [2.05, 4.69) is 10.3 Å². The van der Waals surface area contributed by atoms with E-state index in [0.717, 1.165) is 17.8 Å². The number of pyridine rings is 1. The predicted octanol–water partition coefficient (Wildman–Crippen LogP) is 0.272. The van der Waals surface area contributed by atoms with E-state index >= 15 is 0 Å². The number of aromatic nitrogens is 1. The highest BCUT2D eigenvalue weighted by molar-refractivity contribution is 5.85. The lowest BCUT2D eigenvalue weighted by Crippen LogP contribution is -2.12. The van der Waals surface area contributed by atoms with Crippen LogP contribution in [0, 0.1) is 11.3 Å². The zero-order valence-electron chi connectivity index (χ0n) is 6.76. The molecule has 0 amide bonds. The first-order chi connectivity index (χ1) is 5.81. The van der Waals surface area contributed by atoms with Crippen LogP contribution in [0.25, 0.3) is 0 Å². The monoisotopic (exact) mass is 197 g/mol. The molecule has 0 saturated carbocycles. The van der Waals surface area contributed by atoms with Crippen molar-refractivity contribution in [2.75, 3.05) is 0 Å². The van der Waals surface area contributed by atoms with E-state index in [1.54, 1.807) is 6.07 Å². The number of nitrogens with zero attached hydrogens (tertiary/aromatic N) is 1. The minimum atomic E-state index is -0.292. The summed E-state index contributed by atoms with van der Waals surface area (Å²) in [4.78, 5) is 13.8. The van der Waals surface area contributed by atoms with E-state index in [4.69, 9.17) is 5.26 Å². The lowest BCUT2D eigenvalue weighted by Gasteiger charge is -1.95. The summed E-state index contributed by atoms with van der Waals surface area (Å²) >= 11 is 0. The van der Waals surface area contributed by atoms with Crippen LogP contribution in [0.4, 0.5) is 0 Å². The molecule has 5 heteroatoms. The van der Waals surface area contributed by atoms with Gasteiger partial charge in [-0.05, 0) is 11.6 Å². The molecular formula is C8H8ClN3O. The van der Waals surface area contributed by atoms with Gasteiger partial charge in [-0.15, -0.1) is 12.4 Å². The molecule has 0 saturated heterocycles. The van der Waals surface area contributed by atoms with E-state index < -0.39 is 0 Å². The predicted molar refractivity (Wildman–Crippen MR) is 49.6 cm³/mol. The molecule has 0 aliphatic carbocycles. The summed E-state index contributed by atoms with van der Waals surface area (Å²) in [6.45, 7) is 1.43. The quantitative estimate of drug-likeness (QED) is 0.628. The highest BCUT2D eigenvalue weighted by atomic mass is 35.5. The van der Waals surface area contributed by atoms with Crippen molar-refractivity contribution in [3.63, 3.8) is 0 Å². The Labute approximate surface area is 81.0 Å². The fraction of sp³-hybridized carbons (Fsp3) is 0.250. The second kappa shape index (κ2) is 3.60. The Bertz CT molecular complexity index is 418. The van der Waals surface area contributed by atoms with Crippen LogP contribution in [0.1, 0.15) is 16.8 Å². The number of hydrogen-bond donors (Lipinski definition) is 2. The average molecular weight is 198 g/mol. The number of hydrogen-bond acceptors (Lipinski definition) is 3. The van der Waals surface area contributed by atoms with E-state index in [1.807, 2.05) is 6.07 Å². The maximum absolute atomic E-state index is 11.1. The van der Waals surface area contributed by atoms with Crippen LogP contribution in [0.5, 0.6) is 0 Å². The molecule has 0 atom stereocenters. The van der Waals surface area contributed by atoms with Gasteiger partial charge in [0, 0.05) is 18.8 Å². The largest absolute Gasteiger partial charge is 0.323 e. The summed E-state index contributed by atoms with van der Waals surface area (Å²) in [5.41, 5.74) is 1.82. The van der Waals surface area contributed by atoms with Gasteiger partial charge in [-0.3, -0.25) is 4.79 Å². The molecule has 2 heterocycles. The molecule has 13 heavy (non-hydrogen) atoms. The number of nitriles is 1. The minimum absolute atomic E-state index is 0. The van der Waals surface area contributed by atoms with E-state index in [1.165, 1.54) is 0 Å². The third-order valence-corrected chi connectivity index (χ3v) is 1.95. The van der Waals surface area contributed by atoms with Crippen LogP contribution in [0.2, 0.25) is 0 Å². The number of aromatic amines is 1. The molecule has 0 aromatic carbocycles. The van der Waals surface area contributed by atoms with Gasteiger partial charge in [-0.2, -0.15) is 5.26 Å². The van der Waals surface area contributed by atoms with Gasteiger partial charge in [0.15, 0.2) is 0 Å². The number of nitrogens with one attached hydrogen (secondary N) is 2. The van der Waals surface area contributed by atoms with Crippen molar-refractivity contribution in [2.45, 2.75) is 13.1 Å². The third kappa shape index (κ3) is 1.57. The Kier molecular flexibility index (Phi) is 2.71. The number of fused-ring (bicyclic) bond motifs is 1. The second-order valence-corrected chi connectivity index (χ2v) is 2.73. The van der Waals surface area contributed by atoms with E-state index in [-0.39, 0.29) is 23.5 Å². The van der Waals surface area contributed by atoms with Crippen LogP contribution >= 0.6 is 12.4 Å². The van der Waals surface area contributed by atoms with Crippen LogP contribution < -0.4 is 10.9 Å². The van der Waals surface area contributed by atoms with Crippen molar-refractivity contribution in [3.05, 3.63) is 33.2 Å². The summed E-state index contributed by atoms with van der Waals surface area (Å²) < 4.78 is 0. The average Bonchev–Trinajstić information content (AvgIpc) is 2.49. The topological polar surface area (TPSA) is 68.7 Å². The van der Waals surface area contributed by atoms with Crippen LogP contribution in [0.3, 0.4) is 0 Å². The van der Waals surface area contributed by atoms with Crippen molar-refractivity contribution in [2.24, 2.45) is 0 Å². The molecule has 0 fully saturated rings. The Balaban J connectivity index is 0.000000845. The van der Waals surface area contributed by atoms with Crippen LogP contribution in [0.15, 0.2) is 10.9 Å². The molecule has 0 spiro atoms. The maximum atomic E-state index is 11.1. The highest BCUT2D eigenvalue weighted by Gasteiger charge is 2.12. The molecule has 0 radical (unpaired) electrons. The highest BCUT2D eigenvalue weighted by Crippen LogP contribution is 2.10.